The monoisotopic (exact) mass is 442 g/mol. The first-order valence-corrected chi connectivity index (χ1v) is 12.0. The second-order valence-corrected chi connectivity index (χ2v) is 9.45. The van der Waals surface area contributed by atoms with Crippen molar-refractivity contribution in [2.75, 3.05) is 0 Å². The molecule has 2 saturated carbocycles. The summed E-state index contributed by atoms with van der Waals surface area (Å²) < 4.78 is 71.4. The van der Waals surface area contributed by atoms with E-state index in [4.69, 9.17) is 0 Å². The Labute approximate surface area is 183 Å². The molecule has 0 radical (unpaired) electrons. The van der Waals surface area contributed by atoms with Crippen molar-refractivity contribution in [3.63, 3.8) is 0 Å². The van der Waals surface area contributed by atoms with Crippen molar-refractivity contribution in [1.29, 1.82) is 0 Å². The van der Waals surface area contributed by atoms with Crippen LogP contribution in [0.2, 0.25) is 0 Å². The Balaban J connectivity index is 1.64. The highest BCUT2D eigenvalue weighted by molar-refractivity contribution is 5.37. The van der Waals surface area contributed by atoms with Gasteiger partial charge in [0.15, 0.2) is 0 Å². The summed E-state index contributed by atoms with van der Waals surface area (Å²) in [5.74, 6) is -2.37. The third-order valence-corrected chi connectivity index (χ3v) is 7.55. The molecule has 2 fully saturated rings. The normalized spacial score (nSPS) is 28.0. The summed E-state index contributed by atoms with van der Waals surface area (Å²) in [7, 11) is 0. The smallest absolute Gasteiger partial charge is 0.209 e. The van der Waals surface area contributed by atoms with E-state index < -0.39 is 35.4 Å². The van der Waals surface area contributed by atoms with Crippen molar-refractivity contribution in [1.82, 2.24) is 0 Å². The maximum atomic E-state index is 14.9. The summed E-state index contributed by atoms with van der Waals surface area (Å²) in [6.45, 7) is 3.88. The largest absolute Gasteiger partial charge is 0.266 e. The quantitative estimate of drug-likeness (QED) is 0.369. The van der Waals surface area contributed by atoms with E-state index in [9.17, 15) is 22.0 Å². The number of rotatable bonds is 7. The zero-order valence-electron chi connectivity index (χ0n) is 18.7. The van der Waals surface area contributed by atoms with Gasteiger partial charge in [0.25, 0.3) is 6.43 Å². The Kier molecular flexibility index (Phi) is 8.58. The minimum absolute atomic E-state index is 0.222. The highest BCUT2D eigenvalue weighted by Gasteiger charge is 2.33. The van der Waals surface area contributed by atoms with Gasteiger partial charge in [-0.15, -0.1) is 0 Å². The van der Waals surface area contributed by atoms with E-state index in [1.165, 1.54) is 0 Å². The van der Waals surface area contributed by atoms with E-state index in [0.29, 0.717) is 62.0 Å². The van der Waals surface area contributed by atoms with Gasteiger partial charge in [0.2, 0.25) is 0 Å². The fourth-order valence-electron chi connectivity index (χ4n) is 5.67. The summed E-state index contributed by atoms with van der Waals surface area (Å²) in [6, 6.07) is 3.19. The lowest BCUT2D eigenvalue weighted by atomic mass is 9.75. The first-order valence-electron chi connectivity index (χ1n) is 12.0. The van der Waals surface area contributed by atoms with Gasteiger partial charge in [0.1, 0.15) is 17.5 Å². The van der Waals surface area contributed by atoms with Gasteiger partial charge < -0.3 is 0 Å². The molecular formula is C26H35F5. The second kappa shape index (κ2) is 11.0. The number of hydrogen-bond acceptors (Lipinski definition) is 0. The SMILES string of the molecule is CCCC1CCC(/C(F)=C(\F)C2CCC(c3ccc(CC)c(C(F)F)c3F)CC2)CC1. The Bertz CT molecular complexity index is 753. The number of benzene rings is 1. The molecule has 2 aliphatic carbocycles. The molecule has 0 nitrogen and oxygen atoms in total. The second-order valence-electron chi connectivity index (χ2n) is 9.45. The van der Waals surface area contributed by atoms with Crippen molar-refractivity contribution >= 4 is 0 Å². The zero-order chi connectivity index (χ0) is 22.5. The highest BCUT2D eigenvalue weighted by Crippen LogP contribution is 2.44. The van der Waals surface area contributed by atoms with Gasteiger partial charge in [-0.05, 0) is 80.8 Å². The lowest BCUT2D eigenvalue weighted by Gasteiger charge is -2.31. The Morgan fingerprint density at radius 3 is 1.90 bits per heavy atom. The predicted octanol–water partition coefficient (Wildman–Crippen LogP) is 9.36. The van der Waals surface area contributed by atoms with Crippen molar-refractivity contribution in [2.45, 2.75) is 96.8 Å². The molecule has 0 atom stereocenters. The van der Waals surface area contributed by atoms with Gasteiger partial charge in [-0.3, -0.25) is 0 Å². The van der Waals surface area contributed by atoms with E-state index in [1.54, 1.807) is 19.1 Å². The molecule has 0 N–H and O–H groups in total. The lowest BCUT2D eigenvalue weighted by Crippen LogP contribution is -2.19. The number of halogens is 5. The highest BCUT2D eigenvalue weighted by atomic mass is 19.3. The number of alkyl halides is 2. The van der Waals surface area contributed by atoms with Crippen LogP contribution in [0.25, 0.3) is 0 Å². The molecule has 1 aromatic rings. The van der Waals surface area contributed by atoms with Gasteiger partial charge in [0.05, 0.1) is 5.56 Å². The first-order chi connectivity index (χ1) is 14.9. The molecule has 0 heterocycles. The van der Waals surface area contributed by atoms with Crippen LogP contribution in [0.3, 0.4) is 0 Å². The summed E-state index contributed by atoms with van der Waals surface area (Å²) in [6.07, 6.45) is 4.96. The van der Waals surface area contributed by atoms with Crippen molar-refractivity contribution in [3.05, 3.63) is 46.3 Å². The molecule has 1 aromatic carbocycles. The van der Waals surface area contributed by atoms with Gasteiger partial charge in [-0.2, -0.15) is 0 Å². The van der Waals surface area contributed by atoms with Crippen LogP contribution in [0.1, 0.15) is 107 Å². The first kappa shape index (κ1) is 24.3. The van der Waals surface area contributed by atoms with Crippen molar-refractivity contribution in [3.8, 4) is 0 Å². The third kappa shape index (κ3) is 5.51. The fraction of sp³-hybridized carbons (Fsp3) is 0.692. The van der Waals surface area contributed by atoms with Crippen LogP contribution < -0.4 is 0 Å². The Morgan fingerprint density at radius 2 is 1.42 bits per heavy atom. The van der Waals surface area contributed by atoms with E-state index in [0.717, 1.165) is 25.7 Å². The molecule has 0 aliphatic heterocycles. The summed E-state index contributed by atoms with van der Waals surface area (Å²) in [4.78, 5) is 0. The molecule has 5 heteroatoms. The average molecular weight is 443 g/mol. The number of hydrogen-bond donors (Lipinski definition) is 0. The summed E-state index contributed by atoms with van der Waals surface area (Å²) >= 11 is 0. The Morgan fingerprint density at radius 1 is 0.871 bits per heavy atom. The van der Waals surface area contributed by atoms with Crippen molar-refractivity contribution < 1.29 is 22.0 Å². The van der Waals surface area contributed by atoms with Crippen molar-refractivity contribution in [2.24, 2.45) is 17.8 Å². The minimum Gasteiger partial charge on any atom is -0.209 e. The summed E-state index contributed by atoms with van der Waals surface area (Å²) in [5, 5.41) is 0. The molecule has 0 amide bonds. The maximum absolute atomic E-state index is 14.9. The lowest BCUT2D eigenvalue weighted by molar-refractivity contribution is 0.144. The van der Waals surface area contributed by atoms with Gasteiger partial charge in [-0.1, -0.05) is 38.8 Å². The molecule has 3 rings (SSSR count). The summed E-state index contributed by atoms with van der Waals surface area (Å²) in [5.41, 5.74) is 0.123. The molecular weight excluding hydrogens is 407 g/mol. The van der Waals surface area contributed by atoms with E-state index in [-0.39, 0.29) is 11.8 Å². The zero-order valence-corrected chi connectivity index (χ0v) is 18.7. The van der Waals surface area contributed by atoms with Gasteiger partial charge in [0, 0.05) is 11.8 Å². The van der Waals surface area contributed by atoms with Crippen LogP contribution in [0.15, 0.2) is 23.8 Å². The number of aryl methyl sites for hydroxylation is 1. The molecule has 174 valence electrons. The molecule has 0 bridgehead atoms. The Hall–Kier alpha value is -1.39. The van der Waals surface area contributed by atoms with E-state index >= 15 is 0 Å². The molecule has 0 spiro atoms. The molecule has 2 aliphatic rings. The van der Waals surface area contributed by atoms with Crippen LogP contribution >= 0.6 is 0 Å². The molecule has 0 unspecified atom stereocenters. The van der Waals surface area contributed by atoms with E-state index in [1.807, 2.05) is 0 Å². The van der Waals surface area contributed by atoms with Crippen LogP contribution in [-0.4, -0.2) is 0 Å². The number of allylic oxidation sites excluding steroid dienone is 2. The minimum atomic E-state index is -2.85. The molecule has 31 heavy (non-hydrogen) atoms. The van der Waals surface area contributed by atoms with Gasteiger partial charge in [-0.25, -0.2) is 22.0 Å². The predicted molar refractivity (Wildman–Crippen MR) is 115 cm³/mol. The fourth-order valence-corrected chi connectivity index (χ4v) is 5.67. The topological polar surface area (TPSA) is 0 Å². The molecule has 0 saturated heterocycles. The maximum Gasteiger partial charge on any atom is 0.266 e. The van der Waals surface area contributed by atoms with Crippen LogP contribution in [-0.2, 0) is 6.42 Å². The van der Waals surface area contributed by atoms with E-state index in [2.05, 4.69) is 6.92 Å². The third-order valence-electron chi connectivity index (χ3n) is 7.55. The van der Waals surface area contributed by atoms with Crippen LogP contribution in [0.5, 0.6) is 0 Å². The van der Waals surface area contributed by atoms with Crippen LogP contribution in [0, 0.1) is 23.6 Å². The average Bonchev–Trinajstić information content (AvgIpc) is 2.78. The molecule has 0 aromatic heterocycles. The standard InChI is InChI=1S/C26H35F5/c1-3-5-16-6-8-19(9-7-16)23(27)24(28)20-12-10-18(11-13-20)21-15-14-17(4-2)22(25(21)29)26(30)31/h14-16,18-20,26H,3-13H2,1-2H3/b24-23+. The van der Waals surface area contributed by atoms with Crippen LogP contribution in [0.4, 0.5) is 22.0 Å². The van der Waals surface area contributed by atoms with Gasteiger partial charge >= 0.3 is 0 Å².